The molecule has 1 unspecified atom stereocenters. The van der Waals surface area contributed by atoms with Crippen LogP contribution in [-0.4, -0.2) is 40.3 Å². The van der Waals surface area contributed by atoms with Crippen molar-refractivity contribution in [2.24, 2.45) is 5.73 Å². The van der Waals surface area contributed by atoms with E-state index in [-0.39, 0.29) is 6.42 Å². The predicted molar refractivity (Wildman–Crippen MR) is 127 cm³/mol. The summed E-state index contributed by atoms with van der Waals surface area (Å²) in [7, 11) is 1.63. The molecule has 0 aliphatic carbocycles. The highest BCUT2D eigenvalue weighted by Crippen LogP contribution is 2.31. The van der Waals surface area contributed by atoms with Crippen molar-refractivity contribution in [1.82, 2.24) is 4.98 Å². The van der Waals surface area contributed by atoms with Gasteiger partial charge in [-0.05, 0) is 74.6 Å². The molecule has 7 nitrogen and oxygen atoms in total. The zero-order valence-electron chi connectivity index (χ0n) is 19.4. The van der Waals surface area contributed by atoms with Gasteiger partial charge in [0.2, 0.25) is 5.91 Å². The molecule has 2 aromatic carbocycles. The number of carbonyl (C=O) groups is 2. The molecule has 0 spiro atoms. The van der Waals surface area contributed by atoms with Crippen molar-refractivity contribution in [3.05, 3.63) is 60.3 Å². The molecule has 0 fully saturated rings. The Labute approximate surface area is 193 Å². The number of aliphatic hydroxyl groups is 1. The molecule has 1 aromatic heterocycles. The van der Waals surface area contributed by atoms with E-state index >= 15 is 0 Å². The smallest absolute Gasteiger partial charge is 0.339 e. The third kappa shape index (κ3) is 6.08. The lowest BCUT2D eigenvalue weighted by atomic mass is 9.90. The molecular formula is C26H30N2O5. The molecule has 1 heterocycles. The van der Waals surface area contributed by atoms with E-state index in [1.165, 1.54) is 0 Å². The van der Waals surface area contributed by atoms with Gasteiger partial charge in [-0.15, -0.1) is 0 Å². The maximum atomic E-state index is 12.6. The van der Waals surface area contributed by atoms with Crippen LogP contribution in [0.1, 0.15) is 39.2 Å². The Bertz CT molecular complexity index is 1150. The summed E-state index contributed by atoms with van der Waals surface area (Å²) in [4.78, 5) is 28.5. The summed E-state index contributed by atoms with van der Waals surface area (Å²) in [6.07, 6.45) is 1.65. The van der Waals surface area contributed by atoms with Gasteiger partial charge >= 0.3 is 5.97 Å². The second-order valence-corrected chi connectivity index (χ2v) is 9.12. The topological polar surface area (TPSA) is 112 Å². The van der Waals surface area contributed by atoms with Crippen molar-refractivity contribution in [3.63, 3.8) is 0 Å². The average Bonchev–Trinajstić information content (AvgIpc) is 2.75. The fraction of sp³-hybridized carbons (Fsp3) is 0.346. The summed E-state index contributed by atoms with van der Waals surface area (Å²) in [5.41, 5.74) is 6.30. The molecule has 0 saturated heterocycles. The van der Waals surface area contributed by atoms with Gasteiger partial charge in [0, 0.05) is 11.6 Å². The molecule has 0 aliphatic rings. The molecular weight excluding hydrogens is 420 g/mol. The normalized spacial score (nSPS) is 13.4. The predicted octanol–water partition coefficient (Wildman–Crippen LogP) is 3.79. The number of methoxy groups -OCH3 is 1. The molecule has 0 radical (unpaired) electrons. The Morgan fingerprint density at radius 2 is 1.76 bits per heavy atom. The van der Waals surface area contributed by atoms with Crippen LogP contribution in [-0.2, 0) is 20.7 Å². The summed E-state index contributed by atoms with van der Waals surface area (Å²) in [5, 5.41) is 11.9. The Balaban J connectivity index is 1.81. The number of nitrogens with two attached hydrogens (primary N) is 1. The maximum Gasteiger partial charge on any atom is 0.339 e. The first-order valence-electron chi connectivity index (χ1n) is 10.8. The van der Waals surface area contributed by atoms with E-state index in [4.69, 9.17) is 15.2 Å². The monoisotopic (exact) mass is 450 g/mol. The van der Waals surface area contributed by atoms with Crippen LogP contribution in [0.5, 0.6) is 5.75 Å². The SMILES string of the molecule is COc1ccc2nccc(-c3ccc(CCC(O)(CC(N)=O)C(=O)OC(C)(C)C)cc3)c2c1. The van der Waals surface area contributed by atoms with E-state index in [9.17, 15) is 14.7 Å². The van der Waals surface area contributed by atoms with Crippen LogP contribution in [0.4, 0.5) is 0 Å². The lowest BCUT2D eigenvalue weighted by Crippen LogP contribution is -2.46. The van der Waals surface area contributed by atoms with Gasteiger partial charge in [0.05, 0.1) is 19.0 Å². The number of primary amides is 1. The number of esters is 1. The van der Waals surface area contributed by atoms with Crippen LogP contribution in [0.15, 0.2) is 54.7 Å². The van der Waals surface area contributed by atoms with Crippen LogP contribution in [0.25, 0.3) is 22.0 Å². The number of aryl methyl sites for hydroxylation is 1. The first-order valence-corrected chi connectivity index (χ1v) is 10.8. The largest absolute Gasteiger partial charge is 0.497 e. The number of fused-ring (bicyclic) bond motifs is 1. The van der Waals surface area contributed by atoms with Crippen LogP contribution in [0.3, 0.4) is 0 Å². The number of pyridine rings is 1. The average molecular weight is 451 g/mol. The number of hydrogen-bond donors (Lipinski definition) is 2. The summed E-state index contributed by atoms with van der Waals surface area (Å²) in [6.45, 7) is 5.10. The number of benzene rings is 2. The highest BCUT2D eigenvalue weighted by molar-refractivity contribution is 5.95. The van der Waals surface area contributed by atoms with Crippen molar-refractivity contribution in [2.45, 2.75) is 51.2 Å². The van der Waals surface area contributed by atoms with Crippen molar-refractivity contribution >= 4 is 22.8 Å². The lowest BCUT2D eigenvalue weighted by Gasteiger charge is -2.29. The molecule has 33 heavy (non-hydrogen) atoms. The van der Waals surface area contributed by atoms with Crippen LogP contribution < -0.4 is 10.5 Å². The molecule has 3 rings (SSSR count). The molecule has 0 aliphatic heterocycles. The molecule has 3 aromatic rings. The van der Waals surface area contributed by atoms with E-state index in [0.29, 0.717) is 6.42 Å². The Morgan fingerprint density at radius 1 is 1.06 bits per heavy atom. The summed E-state index contributed by atoms with van der Waals surface area (Å²) >= 11 is 0. The third-order valence-electron chi connectivity index (χ3n) is 5.29. The second-order valence-electron chi connectivity index (χ2n) is 9.12. The minimum absolute atomic E-state index is 0.0135. The minimum atomic E-state index is -1.98. The van der Waals surface area contributed by atoms with Crippen molar-refractivity contribution in [3.8, 4) is 16.9 Å². The fourth-order valence-corrected chi connectivity index (χ4v) is 3.63. The number of hydrogen-bond acceptors (Lipinski definition) is 6. The van der Waals surface area contributed by atoms with Crippen molar-refractivity contribution in [2.75, 3.05) is 7.11 Å². The summed E-state index contributed by atoms with van der Waals surface area (Å²) in [5.74, 6) is -0.856. The van der Waals surface area contributed by atoms with Crippen LogP contribution in [0.2, 0.25) is 0 Å². The number of amides is 1. The minimum Gasteiger partial charge on any atom is -0.497 e. The van der Waals surface area contributed by atoms with Gasteiger partial charge in [0.1, 0.15) is 11.4 Å². The Kier molecular flexibility index (Phi) is 7.03. The highest BCUT2D eigenvalue weighted by atomic mass is 16.6. The molecule has 3 N–H and O–H groups in total. The maximum absolute atomic E-state index is 12.6. The fourth-order valence-electron chi connectivity index (χ4n) is 3.63. The molecule has 1 amide bonds. The number of ether oxygens (including phenoxy) is 2. The second kappa shape index (κ2) is 9.58. The highest BCUT2D eigenvalue weighted by Gasteiger charge is 2.40. The van der Waals surface area contributed by atoms with E-state index in [0.717, 1.165) is 33.3 Å². The number of carbonyl (C=O) groups excluding carboxylic acids is 2. The van der Waals surface area contributed by atoms with E-state index < -0.39 is 29.5 Å². The molecule has 0 saturated carbocycles. The first-order chi connectivity index (χ1) is 15.5. The third-order valence-corrected chi connectivity index (χ3v) is 5.29. The summed E-state index contributed by atoms with van der Waals surface area (Å²) in [6, 6.07) is 15.5. The Morgan fingerprint density at radius 3 is 2.36 bits per heavy atom. The van der Waals surface area contributed by atoms with Gasteiger partial charge in [-0.3, -0.25) is 9.78 Å². The Hall–Kier alpha value is -3.45. The standard InChI is InChI=1S/C26H30N2O5/c1-25(2,3)33-24(30)26(31,16-23(27)29)13-11-17-5-7-18(8-6-17)20-12-14-28-22-10-9-19(32-4)15-21(20)22/h5-10,12,14-15,31H,11,13,16H2,1-4H3,(H2,27,29). The number of nitrogens with zero attached hydrogens (tertiary/aromatic N) is 1. The van der Waals surface area contributed by atoms with Gasteiger partial charge in [0.25, 0.3) is 0 Å². The van der Waals surface area contributed by atoms with Gasteiger partial charge in [-0.2, -0.15) is 0 Å². The van der Waals surface area contributed by atoms with Crippen molar-refractivity contribution < 1.29 is 24.2 Å². The van der Waals surface area contributed by atoms with E-state index in [2.05, 4.69) is 4.98 Å². The zero-order valence-corrected chi connectivity index (χ0v) is 19.4. The van der Waals surface area contributed by atoms with Gasteiger partial charge in [0.15, 0.2) is 5.60 Å². The molecule has 1 atom stereocenters. The lowest BCUT2D eigenvalue weighted by molar-refractivity contribution is -0.179. The number of aromatic nitrogens is 1. The van der Waals surface area contributed by atoms with Crippen LogP contribution in [0, 0.1) is 0 Å². The molecule has 174 valence electrons. The van der Waals surface area contributed by atoms with Gasteiger partial charge in [-0.25, -0.2) is 4.79 Å². The summed E-state index contributed by atoms with van der Waals surface area (Å²) < 4.78 is 10.7. The zero-order chi connectivity index (χ0) is 24.2. The van der Waals surface area contributed by atoms with Gasteiger partial charge < -0.3 is 20.3 Å². The molecule has 7 heteroatoms. The van der Waals surface area contributed by atoms with Gasteiger partial charge in [-0.1, -0.05) is 24.3 Å². The first kappa shape index (κ1) is 24.2. The van der Waals surface area contributed by atoms with Crippen LogP contribution >= 0.6 is 0 Å². The van der Waals surface area contributed by atoms with Crippen molar-refractivity contribution in [1.29, 1.82) is 0 Å². The number of rotatable bonds is 8. The van der Waals surface area contributed by atoms with E-state index in [1.54, 1.807) is 34.1 Å². The molecule has 0 bridgehead atoms. The quantitative estimate of drug-likeness (QED) is 0.505. The van der Waals surface area contributed by atoms with E-state index in [1.807, 2.05) is 48.5 Å².